The summed E-state index contributed by atoms with van der Waals surface area (Å²) in [5.74, 6) is -0.0978. The summed E-state index contributed by atoms with van der Waals surface area (Å²) in [5.41, 5.74) is 5.63. The first-order valence-electron chi connectivity index (χ1n) is 7.69. The lowest BCUT2D eigenvalue weighted by atomic mass is 10.0. The Morgan fingerprint density at radius 1 is 0.833 bits per heavy atom. The molecule has 0 radical (unpaired) electrons. The summed E-state index contributed by atoms with van der Waals surface area (Å²) in [4.78, 5) is 12.2. The van der Waals surface area contributed by atoms with Crippen LogP contribution >= 0.6 is 11.6 Å². The smallest absolute Gasteiger partial charge is 0.256 e. The van der Waals surface area contributed by atoms with Crippen molar-refractivity contribution < 1.29 is 4.79 Å². The van der Waals surface area contributed by atoms with Gasteiger partial charge in [-0.3, -0.25) is 4.79 Å². The Balaban J connectivity index is 1.68. The van der Waals surface area contributed by atoms with Crippen molar-refractivity contribution in [1.29, 1.82) is 0 Å². The zero-order chi connectivity index (χ0) is 16.5. The van der Waals surface area contributed by atoms with Gasteiger partial charge >= 0.3 is 0 Å². The summed E-state index contributed by atoms with van der Waals surface area (Å²) in [7, 11) is 0. The third kappa shape index (κ3) is 2.72. The first-order valence-corrected chi connectivity index (χ1v) is 8.07. The molecule has 0 unspecified atom stereocenters. The molecule has 3 aromatic rings. The van der Waals surface area contributed by atoms with Crippen molar-refractivity contribution in [2.24, 2.45) is 0 Å². The van der Waals surface area contributed by atoms with E-state index in [1.54, 1.807) is 12.1 Å². The Morgan fingerprint density at radius 2 is 1.54 bits per heavy atom. The highest BCUT2D eigenvalue weighted by molar-refractivity contribution is 6.36. The summed E-state index contributed by atoms with van der Waals surface area (Å²) in [6, 6.07) is 23.8. The summed E-state index contributed by atoms with van der Waals surface area (Å²) < 4.78 is 0. The zero-order valence-corrected chi connectivity index (χ0v) is 13.5. The number of nitrogens with one attached hydrogen (secondary N) is 1. The number of hydrogen-bond acceptors (Lipinski definition) is 1. The van der Waals surface area contributed by atoms with Gasteiger partial charge in [0.2, 0.25) is 0 Å². The number of benzene rings is 3. The molecule has 1 aliphatic rings. The fraction of sp³-hybridized carbons (Fsp3) is 0. The van der Waals surface area contributed by atoms with Gasteiger partial charge in [-0.25, -0.2) is 0 Å². The standard InChI is InChI=1S/C21H14ClNO/c22-17-10-11-18-19(21(24)23-20(18)13-17)12-14-6-8-16(9-7-14)15-4-2-1-3-5-15/h1-13H,(H,23,24). The van der Waals surface area contributed by atoms with Gasteiger partial charge in [0.15, 0.2) is 0 Å². The molecule has 1 amide bonds. The van der Waals surface area contributed by atoms with Crippen LogP contribution in [-0.2, 0) is 4.79 Å². The van der Waals surface area contributed by atoms with Gasteiger partial charge in [-0.05, 0) is 34.9 Å². The molecule has 24 heavy (non-hydrogen) atoms. The number of hydrogen-bond donors (Lipinski definition) is 1. The van der Waals surface area contributed by atoms with Crippen molar-refractivity contribution in [2.45, 2.75) is 0 Å². The highest BCUT2D eigenvalue weighted by Gasteiger charge is 2.23. The predicted molar refractivity (Wildman–Crippen MR) is 99.8 cm³/mol. The molecule has 1 aliphatic heterocycles. The minimum atomic E-state index is -0.0978. The van der Waals surface area contributed by atoms with Gasteiger partial charge < -0.3 is 5.32 Å². The van der Waals surface area contributed by atoms with Crippen molar-refractivity contribution in [3.05, 3.63) is 88.9 Å². The molecule has 0 spiro atoms. The van der Waals surface area contributed by atoms with Crippen LogP contribution in [0.5, 0.6) is 0 Å². The van der Waals surface area contributed by atoms with Crippen LogP contribution in [0, 0.1) is 0 Å². The third-order valence-electron chi connectivity index (χ3n) is 4.09. The van der Waals surface area contributed by atoms with E-state index in [1.165, 1.54) is 5.56 Å². The number of anilines is 1. The lowest BCUT2D eigenvalue weighted by molar-refractivity contribution is -0.110. The lowest BCUT2D eigenvalue weighted by Gasteiger charge is -2.03. The van der Waals surface area contributed by atoms with Gasteiger partial charge in [0.25, 0.3) is 5.91 Å². The topological polar surface area (TPSA) is 29.1 Å². The van der Waals surface area contributed by atoms with Crippen molar-refractivity contribution in [2.75, 3.05) is 5.32 Å². The molecule has 0 fully saturated rings. The zero-order valence-electron chi connectivity index (χ0n) is 12.8. The summed E-state index contributed by atoms with van der Waals surface area (Å²) in [6.07, 6.45) is 1.91. The van der Waals surface area contributed by atoms with Crippen molar-refractivity contribution in [1.82, 2.24) is 0 Å². The maximum atomic E-state index is 12.2. The van der Waals surface area contributed by atoms with Crippen LogP contribution in [0.25, 0.3) is 22.8 Å². The van der Waals surface area contributed by atoms with Gasteiger partial charge in [-0.15, -0.1) is 0 Å². The molecule has 0 aliphatic carbocycles. The molecule has 4 rings (SSSR count). The minimum absolute atomic E-state index is 0.0978. The van der Waals surface area contributed by atoms with Crippen LogP contribution in [0.3, 0.4) is 0 Å². The maximum absolute atomic E-state index is 12.2. The van der Waals surface area contributed by atoms with E-state index in [9.17, 15) is 4.79 Å². The van der Waals surface area contributed by atoms with E-state index in [0.29, 0.717) is 10.6 Å². The quantitative estimate of drug-likeness (QED) is 0.617. The molecule has 2 nitrogen and oxygen atoms in total. The van der Waals surface area contributed by atoms with Gasteiger partial charge in [0, 0.05) is 16.2 Å². The second kappa shape index (κ2) is 5.99. The number of rotatable bonds is 2. The van der Waals surface area contributed by atoms with Gasteiger partial charge in [-0.1, -0.05) is 72.3 Å². The molecule has 3 heteroatoms. The number of amides is 1. The van der Waals surface area contributed by atoms with Crippen LogP contribution in [0.4, 0.5) is 5.69 Å². The number of carbonyl (C=O) groups excluding carboxylic acids is 1. The second-order valence-electron chi connectivity index (χ2n) is 5.69. The molecule has 3 aromatic carbocycles. The molecule has 116 valence electrons. The van der Waals surface area contributed by atoms with Crippen LogP contribution in [0.15, 0.2) is 72.8 Å². The fourth-order valence-electron chi connectivity index (χ4n) is 2.88. The normalized spacial score (nSPS) is 14.5. The van der Waals surface area contributed by atoms with Crippen molar-refractivity contribution in [3.8, 4) is 11.1 Å². The number of fused-ring (bicyclic) bond motifs is 1. The maximum Gasteiger partial charge on any atom is 0.256 e. The van der Waals surface area contributed by atoms with Crippen LogP contribution in [0.1, 0.15) is 11.1 Å². The molecule has 0 saturated heterocycles. The van der Waals surface area contributed by atoms with E-state index in [1.807, 2.05) is 42.5 Å². The Morgan fingerprint density at radius 3 is 2.29 bits per heavy atom. The predicted octanol–water partition coefficient (Wildman–Crippen LogP) is 5.50. The molecular weight excluding hydrogens is 318 g/mol. The Bertz CT molecular complexity index is 943. The Kier molecular flexibility index (Phi) is 3.68. The molecular formula is C21H14ClNO. The summed E-state index contributed by atoms with van der Waals surface area (Å²) in [6.45, 7) is 0. The molecule has 0 saturated carbocycles. The second-order valence-corrected chi connectivity index (χ2v) is 6.13. The molecule has 0 atom stereocenters. The van der Waals surface area contributed by atoms with Gasteiger partial charge in [0.05, 0.1) is 5.69 Å². The number of carbonyl (C=O) groups is 1. The first kappa shape index (κ1) is 14.7. The van der Waals surface area contributed by atoms with E-state index in [-0.39, 0.29) is 5.91 Å². The lowest BCUT2D eigenvalue weighted by Crippen LogP contribution is -2.03. The fourth-order valence-corrected chi connectivity index (χ4v) is 3.05. The van der Waals surface area contributed by atoms with E-state index in [0.717, 1.165) is 22.4 Å². The SMILES string of the molecule is O=C1Nc2cc(Cl)ccc2C1=Cc1ccc(-c2ccccc2)cc1. The van der Waals surface area contributed by atoms with Gasteiger partial charge in [-0.2, -0.15) is 0 Å². The van der Waals surface area contributed by atoms with E-state index >= 15 is 0 Å². The highest BCUT2D eigenvalue weighted by atomic mass is 35.5. The highest BCUT2D eigenvalue weighted by Crippen LogP contribution is 2.35. The third-order valence-corrected chi connectivity index (χ3v) is 4.33. The van der Waals surface area contributed by atoms with Crippen LogP contribution in [0.2, 0.25) is 5.02 Å². The van der Waals surface area contributed by atoms with E-state index in [2.05, 4.69) is 29.6 Å². The molecule has 1 N–H and O–H groups in total. The molecule has 0 bridgehead atoms. The molecule has 1 heterocycles. The Labute approximate surface area is 145 Å². The van der Waals surface area contributed by atoms with E-state index < -0.39 is 0 Å². The summed E-state index contributed by atoms with van der Waals surface area (Å²) in [5, 5.41) is 3.47. The van der Waals surface area contributed by atoms with E-state index in [4.69, 9.17) is 11.6 Å². The van der Waals surface area contributed by atoms with Gasteiger partial charge in [0.1, 0.15) is 0 Å². The van der Waals surface area contributed by atoms with Crippen molar-refractivity contribution in [3.63, 3.8) is 0 Å². The monoisotopic (exact) mass is 331 g/mol. The average molecular weight is 332 g/mol. The minimum Gasteiger partial charge on any atom is -0.321 e. The first-order chi connectivity index (χ1) is 11.7. The largest absolute Gasteiger partial charge is 0.321 e. The Hall–Kier alpha value is -2.84. The molecule has 0 aromatic heterocycles. The van der Waals surface area contributed by atoms with Crippen molar-refractivity contribution >= 4 is 34.8 Å². The van der Waals surface area contributed by atoms with Crippen LogP contribution in [-0.4, -0.2) is 5.91 Å². The van der Waals surface area contributed by atoms with Crippen LogP contribution < -0.4 is 5.32 Å². The number of halogens is 1. The summed E-state index contributed by atoms with van der Waals surface area (Å²) >= 11 is 5.98. The average Bonchev–Trinajstić information content (AvgIpc) is 2.91.